The number of fused-ring (bicyclic) bond motifs is 1. The highest BCUT2D eigenvalue weighted by Crippen LogP contribution is 2.46. The second kappa shape index (κ2) is 6.61. The molecule has 2 atom stereocenters. The van der Waals surface area contributed by atoms with Gasteiger partial charge in [-0.15, -0.1) is 0 Å². The lowest BCUT2D eigenvalue weighted by Gasteiger charge is -2.22. The van der Waals surface area contributed by atoms with Gasteiger partial charge in [-0.2, -0.15) is 5.10 Å². The average molecular weight is 405 g/mol. The van der Waals surface area contributed by atoms with Crippen molar-refractivity contribution in [2.24, 2.45) is 0 Å². The van der Waals surface area contributed by atoms with Gasteiger partial charge < -0.3 is 9.80 Å². The van der Waals surface area contributed by atoms with Crippen LogP contribution in [-0.2, 0) is 22.7 Å². The van der Waals surface area contributed by atoms with Gasteiger partial charge >= 0.3 is 5.69 Å². The standard InChI is InChI=1S/C18H17F2N5O4/c19-17-10-22(7-13-4-2-1-3-5-13)16(27)18(17,20)12-23(11-17)15(26)9-24-8-14(6-21-24)25(28)29/h1-6,8H,7,9-12H2/t17-,18-/m1/s1. The number of amides is 2. The minimum atomic E-state index is -2.81. The molecule has 9 nitrogen and oxygen atoms in total. The third-order valence-electron chi connectivity index (χ3n) is 5.32. The average Bonchev–Trinajstić information content (AvgIpc) is 3.29. The Balaban J connectivity index is 1.45. The first-order chi connectivity index (χ1) is 13.7. The van der Waals surface area contributed by atoms with Crippen LogP contribution in [0.3, 0.4) is 0 Å². The second-order valence-corrected chi connectivity index (χ2v) is 7.32. The molecule has 152 valence electrons. The minimum Gasteiger partial charge on any atom is -0.334 e. The lowest BCUT2D eigenvalue weighted by molar-refractivity contribution is -0.385. The molecule has 2 amide bonds. The SMILES string of the molecule is O=C(Cn1cc([N+](=O)[O-])cn1)N1C[C@]2(F)CN(Cc3ccccc3)C(=O)[C@]2(F)C1. The van der Waals surface area contributed by atoms with Crippen molar-refractivity contribution in [3.8, 4) is 0 Å². The van der Waals surface area contributed by atoms with Crippen molar-refractivity contribution >= 4 is 17.5 Å². The fourth-order valence-electron chi connectivity index (χ4n) is 3.83. The molecule has 2 aliphatic heterocycles. The summed E-state index contributed by atoms with van der Waals surface area (Å²) in [6.45, 7) is -2.05. The maximum absolute atomic E-state index is 15.4. The van der Waals surface area contributed by atoms with E-state index in [0.29, 0.717) is 0 Å². The van der Waals surface area contributed by atoms with Gasteiger partial charge in [0.1, 0.15) is 18.9 Å². The molecule has 1 aromatic heterocycles. The van der Waals surface area contributed by atoms with Crippen LogP contribution >= 0.6 is 0 Å². The van der Waals surface area contributed by atoms with Crippen molar-refractivity contribution < 1.29 is 23.3 Å². The Hall–Kier alpha value is -3.37. The fourth-order valence-corrected chi connectivity index (χ4v) is 3.83. The molecule has 0 spiro atoms. The Labute approximate surface area is 163 Å². The second-order valence-electron chi connectivity index (χ2n) is 7.32. The van der Waals surface area contributed by atoms with Crippen molar-refractivity contribution in [3.05, 3.63) is 58.4 Å². The number of nitro groups is 1. The van der Waals surface area contributed by atoms with Crippen molar-refractivity contribution in [1.82, 2.24) is 19.6 Å². The number of halogens is 2. The summed E-state index contributed by atoms with van der Waals surface area (Å²) in [6.07, 6.45) is 2.03. The number of carbonyl (C=O) groups is 2. The van der Waals surface area contributed by atoms with Gasteiger partial charge in [-0.3, -0.25) is 24.4 Å². The molecule has 3 heterocycles. The lowest BCUT2D eigenvalue weighted by Crippen LogP contribution is -2.47. The van der Waals surface area contributed by atoms with E-state index in [0.717, 1.165) is 32.4 Å². The zero-order chi connectivity index (χ0) is 20.8. The van der Waals surface area contributed by atoms with E-state index in [2.05, 4.69) is 5.10 Å². The minimum absolute atomic E-state index is 0.0852. The summed E-state index contributed by atoms with van der Waals surface area (Å²) in [5.74, 6) is -1.65. The summed E-state index contributed by atoms with van der Waals surface area (Å²) in [7, 11) is 0. The summed E-state index contributed by atoms with van der Waals surface area (Å²) in [4.78, 5) is 37.1. The number of hydrogen-bond acceptors (Lipinski definition) is 5. The van der Waals surface area contributed by atoms with Crippen molar-refractivity contribution in [3.63, 3.8) is 0 Å². The van der Waals surface area contributed by atoms with Crippen LogP contribution < -0.4 is 0 Å². The molecule has 4 rings (SSSR count). The molecule has 11 heteroatoms. The van der Waals surface area contributed by atoms with E-state index in [1.165, 1.54) is 0 Å². The van der Waals surface area contributed by atoms with Crippen LogP contribution in [0.2, 0.25) is 0 Å². The van der Waals surface area contributed by atoms with Crippen LogP contribution in [-0.4, -0.2) is 67.3 Å². The number of likely N-dealkylation sites (tertiary alicyclic amines) is 2. The normalized spacial score (nSPS) is 26.1. The number of carbonyl (C=O) groups excluding carboxylic acids is 2. The number of alkyl halides is 2. The van der Waals surface area contributed by atoms with Gasteiger partial charge in [-0.1, -0.05) is 30.3 Å². The Morgan fingerprint density at radius 3 is 2.55 bits per heavy atom. The van der Waals surface area contributed by atoms with Crippen LogP contribution in [0.5, 0.6) is 0 Å². The highest BCUT2D eigenvalue weighted by atomic mass is 19.2. The van der Waals surface area contributed by atoms with E-state index in [1.54, 1.807) is 30.3 Å². The van der Waals surface area contributed by atoms with Gasteiger partial charge in [0.25, 0.3) is 5.91 Å². The number of hydrogen-bond donors (Lipinski definition) is 0. The molecule has 29 heavy (non-hydrogen) atoms. The van der Waals surface area contributed by atoms with Crippen LogP contribution in [0.4, 0.5) is 14.5 Å². The molecule has 2 saturated heterocycles. The van der Waals surface area contributed by atoms with Crippen LogP contribution in [0.25, 0.3) is 0 Å². The van der Waals surface area contributed by atoms with E-state index in [4.69, 9.17) is 0 Å². The highest BCUT2D eigenvalue weighted by Gasteiger charge is 2.71. The Kier molecular flexibility index (Phi) is 4.32. The fraction of sp³-hybridized carbons (Fsp3) is 0.389. The first-order valence-electron chi connectivity index (χ1n) is 8.88. The third kappa shape index (κ3) is 3.12. The zero-order valence-corrected chi connectivity index (χ0v) is 15.2. The van der Waals surface area contributed by atoms with Gasteiger partial charge in [0, 0.05) is 6.54 Å². The smallest absolute Gasteiger partial charge is 0.307 e. The number of benzene rings is 1. The van der Waals surface area contributed by atoms with Gasteiger partial charge in [-0.25, -0.2) is 8.78 Å². The molecule has 1 aromatic carbocycles. The van der Waals surface area contributed by atoms with Gasteiger partial charge in [-0.05, 0) is 5.56 Å². The van der Waals surface area contributed by atoms with Gasteiger partial charge in [0.15, 0.2) is 5.67 Å². The quantitative estimate of drug-likeness (QED) is 0.548. The molecule has 2 aromatic rings. The molecule has 2 fully saturated rings. The Bertz CT molecular complexity index is 984. The van der Waals surface area contributed by atoms with Crippen LogP contribution in [0.15, 0.2) is 42.7 Å². The van der Waals surface area contributed by atoms with Crippen molar-refractivity contribution in [2.75, 3.05) is 19.6 Å². The van der Waals surface area contributed by atoms with E-state index in [-0.39, 0.29) is 12.2 Å². The lowest BCUT2D eigenvalue weighted by atomic mass is 9.93. The van der Waals surface area contributed by atoms with Crippen molar-refractivity contribution in [1.29, 1.82) is 0 Å². The Morgan fingerprint density at radius 2 is 1.93 bits per heavy atom. The summed E-state index contributed by atoms with van der Waals surface area (Å²) in [5, 5.41) is 14.4. The molecule has 0 unspecified atom stereocenters. The highest BCUT2D eigenvalue weighted by molar-refractivity contribution is 5.92. The molecule has 2 aliphatic rings. The van der Waals surface area contributed by atoms with Gasteiger partial charge in [0.05, 0.1) is 24.6 Å². The molecule has 0 aliphatic carbocycles. The van der Waals surface area contributed by atoms with E-state index in [9.17, 15) is 19.7 Å². The van der Waals surface area contributed by atoms with Crippen molar-refractivity contribution in [2.45, 2.75) is 24.4 Å². The molecule has 0 bridgehead atoms. The number of aromatic nitrogens is 2. The van der Waals surface area contributed by atoms with Crippen LogP contribution in [0, 0.1) is 10.1 Å². The van der Waals surface area contributed by atoms with E-state index < -0.39 is 54.3 Å². The monoisotopic (exact) mass is 405 g/mol. The van der Waals surface area contributed by atoms with E-state index in [1.807, 2.05) is 0 Å². The number of rotatable bonds is 5. The third-order valence-corrected chi connectivity index (χ3v) is 5.32. The maximum atomic E-state index is 15.4. The first-order valence-corrected chi connectivity index (χ1v) is 8.88. The predicted molar refractivity (Wildman–Crippen MR) is 95.0 cm³/mol. The first kappa shape index (κ1) is 19.0. The largest absolute Gasteiger partial charge is 0.334 e. The summed E-state index contributed by atoms with van der Waals surface area (Å²) in [5.41, 5.74) is -4.87. The zero-order valence-electron chi connectivity index (χ0n) is 15.2. The molecule has 0 radical (unpaired) electrons. The summed E-state index contributed by atoms with van der Waals surface area (Å²) >= 11 is 0. The Morgan fingerprint density at radius 1 is 1.21 bits per heavy atom. The summed E-state index contributed by atoms with van der Waals surface area (Å²) < 4.78 is 31.8. The summed E-state index contributed by atoms with van der Waals surface area (Å²) in [6, 6.07) is 8.86. The molecule has 0 saturated carbocycles. The van der Waals surface area contributed by atoms with E-state index >= 15 is 8.78 Å². The number of nitrogens with zero attached hydrogens (tertiary/aromatic N) is 5. The predicted octanol–water partition coefficient (Wildman–Crippen LogP) is 1.09. The molecular weight excluding hydrogens is 388 g/mol. The molecule has 0 N–H and O–H groups in total. The van der Waals surface area contributed by atoms with Crippen LogP contribution in [0.1, 0.15) is 5.56 Å². The maximum Gasteiger partial charge on any atom is 0.307 e. The van der Waals surface area contributed by atoms with Gasteiger partial charge in [0.2, 0.25) is 11.6 Å². The molecular formula is C18H17F2N5O4. The topological polar surface area (TPSA) is 102 Å².